The van der Waals surface area contributed by atoms with E-state index in [0.717, 1.165) is 29.2 Å². The molecule has 0 fully saturated rings. The van der Waals surface area contributed by atoms with Crippen molar-refractivity contribution in [2.75, 3.05) is 17.2 Å². The van der Waals surface area contributed by atoms with Crippen LogP contribution in [-0.2, 0) is 0 Å². The Morgan fingerprint density at radius 1 is 0.821 bits per heavy atom. The van der Waals surface area contributed by atoms with Crippen molar-refractivity contribution in [3.05, 3.63) is 59.9 Å². The van der Waals surface area contributed by atoms with Crippen molar-refractivity contribution >= 4 is 29.0 Å². The fourth-order valence-electron chi connectivity index (χ4n) is 2.36. The molecule has 0 saturated carbocycles. The van der Waals surface area contributed by atoms with Gasteiger partial charge >= 0.3 is 0 Å². The van der Waals surface area contributed by atoms with Crippen LogP contribution in [-0.4, -0.2) is 21.5 Å². The van der Waals surface area contributed by atoms with E-state index in [1.165, 1.54) is 0 Å². The van der Waals surface area contributed by atoms with Crippen LogP contribution < -0.4 is 10.6 Å². The van der Waals surface area contributed by atoms with Gasteiger partial charge in [0, 0.05) is 12.2 Å². The molecule has 0 aliphatic carbocycles. The Hall–Kier alpha value is -3.35. The highest BCUT2D eigenvalue weighted by atomic mass is 15.2. The average Bonchev–Trinajstić information content (AvgIpc) is 2.70. The minimum absolute atomic E-state index is 0.509. The number of aryl methyl sites for hydroxylation is 2. The minimum Gasteiger partial charge on any atom is -0.354 e. The van der Waals surface area contributed by atoms with Crippen molar-refractivity contribution in [2.45, 2.75) is 34.6 Å². The van der Waals surface area contributed by atoms with E-state index < -0.39 is 0 Å². The number of nitrogens with zero attached hydrogens (tertiary/aromatic N) is 5. The number of benzene rings is 2. The van der Waals surface area contributed by atoms with Crippen molar-refractivity contribution in [3.8, 4) is 0 Å². The molecule has 28 heavy (non-hydrogen) atoms. The number of nitrogens with one attached hydrogen (secondary N) is 2. The fraction of sp³-hybridized carbons (Fsp3) is 0.286. The van der Waals surface area contributed by atoms with Gasteiger partial charge in [-0.1, -0.05) is 32.0 Å². The van der Waals surface area contributed by atoms with Crippen LogP contribution in [0, 0.1) is 13.8 Å². The third-order valence-electron chi connectivity index (χ3n) is 3.58. The van der Waals surface area contributed by atoms with Crippen LogP contribution in [0.1, 0.15) is 32.2 Å². The van der Waals surface area contributed by atoms with Crippen LogP contribution in [0.15, 0.2) is 58.8 Å². The fourth-order valence-corrected chi connectivity index (χ4v) is 2.36. The predicted octanol–water partition coefficient (Wildman–Crippen LogP) is 6.11. The summed E-state index contributed by atoms with van der Waals surface area (Å²) in [5.41, 5.74) is 3.55. The summed E-state index contributed by atoms with van der Waals surface area (Å²) in [5.74, 6) is 1.73. The highest BCUT2D eigenvalue weighted by Crippen LogP contribution is 2.25. The van der Waals surface area contributed by atoms with E-state index in [9.17, 15) is 0 Å². The first-order chi connectivity index (χ1) is 13.6. The molecular weight excluding hydrogens is 350 g/mol. The topological polar surface area (TPSA) is 87.5 Å². The number of hydrogen-bond donors (Lipinski definition) is 2. The Labute approximate surface area is 166 Å². The first-order valence-electron chi connectivity index (χ1n) is 9.45. The zero-order chi connectivity index (χ0) is 20.4. The lowest BCUT2D eigenvalue weighted by Gasteiger charge is -2.10. The lowest BCUT2D eigenvalue weighted by atomic mass is 10.2. The van der Waals surface area contributed by atoms with Gasteiger partial charge in [0.15, 0.2) is 0 Å². The lowest BCUT2D eigenvalue weighted by Crippen LogP contribution is -2.08. The van der Waals surface area contributed by atoms with Gasteiger partial charge in [0.2, 0.25) is 11.9 Å². The van der Waals surface area contributed by atoms with Crippen LogP contribution in [0.3, 0.4) is 0 Å². The van der Waals surface area contributed by atoms with Crippen molar-refractivity contribution in [3.63, 3.8) is 0 Å². The van der Waals surface area contributed by atoms with Gasteiger partial charge in [-0.05, 0) is 56.7 Å². The molecule has 0 unspecified atom stereocenters. The number of azo groups is 1. The maximum absolute atomic E-state index is 4.37. The third kappa shape index (κ3) is 6.12. The van der Waals surface area contributed by atoms with Gasteiger partial charge in [-0.15, -0.1) is 0 Å². The molecule has 1 aromatic heterocycles. The zero-order valence-corrected chi connectivity index (χ0v) is 17.1. The maximum atomic E-state index is 4.37. The summed E-state index contributed by atoms with van der Waals surface area (Å²) < 4.78 is 0. The molecular formula is C21H27N7. The Kier molecular flexibility index (Phi) is 8.02. The average molecular weight is 377 g/mol. The Balaban J connectivity index is 0.00000136. The second-order valence-electron chi connectivity index (χ2n) is 5.72. The molecule has 0 amide bonds. The molecule has 7 nitrogen and oxygen atoms in total. The molecule has 146 valence electrons. The molecule has 0 saturated heterocycles. The van der Waals surface area contributed by atoms with Crippen LogP contribution in [0.5, 0.6) is 0 Å². The van der Waals surface area contributed by atoms with Crippen LogP contribution in [0.2, 0.25) is 0 Å². The van der Waals surface area contributed by atoms with E-state index in [1.807, 2.05) is 83.1 Å². The van der Waals surface area contributed by atoms with Crippen molar-refractivity contribution < 1.29 is 0 Å². The van der Waals surface area contributed by atoms with Crippen LogP contribution >= 0.6 is 0 Å². The predicted molar refractivity (Wildman–Crippen MR) is 115 cm³/mol. The van der Waals surface area contributed by atoms with Gasteiger partial charge in [0.1, 0.15) is 5.82 Å². The Bertz CT molecular complexity index is 908. The summed E-state index contributed by atoms with van der Waals surface area (Å²) in [7, 11) is 0. The highest BCUT2D eigenvalue weighted by molar-refractivity contribution is 5.62. The van der Waals surface area contributed by atoms with Gasteiger partial charge in [0.25, 0.3) is 0 Å². The molecule has 0 aliphatic heterocycles. The van der Waals surface area contributed by atoms with Crippen molar-refractivity contribution in [2.24, 2.45) is 10.2 Å². The largest absolute Gasteiger partial charge is 0.354 e. The van der Waals surface area contributed by atoms with Crippen molar-refractivity contribution in [1.29, 1.82) is 0 Å². The smallest absolute Gasteiger partial charge is 0.232 e. The van der Waals surface area contributed by atoms with E-state index in [0.29, 0.717) is 17.7 Å². The second-order valence-corrected chi connectivity index (χ2v) is 5.72. The van der Waals surface area contributed by atoms with Gasteiger partial charge in [-0.25, -0.2) is 0 Å². The van der Waals surface area contributed by atoms with E-state index in [4.69, 9.17) is 0 Å². The highest BCUT2D eigenvalue weighted by Gasteiger charge is 2.06. The standard InChI is InChI=1S/C19H21N7.C2H6/c1-4-20-18-21-14(3)22-19(24-18)23-17-11-10-16(12-13(17)2)26-25-15-8-6-5-7-9-15;1-2/h5-12H,4H2,1-3H3,(H2,20,21,22,23,24);1-2H3. The molecule has 3 aromatic rings. The molecule has 0 aliphatic rings. The van der Waals surface area contributed by atoms with E-state index in [1.54, 1.807) is 0 Å². The van der Waals surface area contributed by atoms with Gasteiger partial charge in [-0.3, -0.25) is 0 Å². The molecule has 3 rings (SSSR count). The molecule has 2 N–H and O–H groups in total. The molecule has 0 atom stereocenters. The zero-order valence-electron chi connectivity index (χ0n) is 17.1. The van der Waals surface area contributed by atoms with Gasteiger partial charge in [0.05, 0.1) is 11.4 Å². The quantitative estimate of drug-likeness (QED) is 0.506. The molecule has 0 bridgehead atoms. The van der Waals surface area contributed by atoms with Crippen LogP contribution in [0.25, 0.3) is 0 Å². The Morgan fingerprint density at radius 3 is 2.18 bits per heavy atom. The maximum Gasteiger partial charge on any atom is 0.232 e. The minimum atomic E-state index is 0.509. The summed E-state index contributed by atoms with van der Waals surface area (Å²) in [6, 6.07) is 15.5. The molecule has 2 aromatic carbocycles. The summed E-state index contributed by atoms with van der Waals surface area (Å²) in [4.78, 5) is 13.0. The summed E-state index contributed by atoms with van der Waals surface area (Å²) in [6.45, 7) is 10.6. The summed E-state index contributed by atoms with van der Waals surface area (Å²) >= 11 is 0. The van der Waals surface area contributed by atoms with Crippen molar-refractivity contribution in [1.82, 2.24) is 15.0 Å². The van der Waals surface area contributed by atoms with E-state index in [2.05, 4.69) is 35.8 Å². The lowest BCUT2D eigenvalue weighted by molar-refractivity contribution is 0.968. The SMILES string of the molecule is CC.CCNc1nc(C)nc(Nc2ccc(N=Nc3ccccc3)cc2C)n1. The van der Waals surface area contributed by atoms with E-state index in [-0.39, 0.29) is 0 Å². The molecule has 1 heterocycles. The number of anilines is 3. The molecule has 7 heteroatoms. The number of aromatic nitrogens is 3. The number of rotatable bonds is 6. The van der Waals surface area contributed by atoms with Gasteiger partial charge in [-0.2, -0.15) is 25.2 Å². The first kappa shape index (κ1) is 21.0. The first-order valence-corrected chi connectivity index (χ1v) is 9.45. The summed E-state index contributed by atoms with van der Waals surface area (Å²) in [6.07, 6.45) is 0. The third-order valence-corrected chi connectivity index (χ3v) is 3.58. The summed E-state index contributed by atoms with van der Waals surface area (Å²) in [5, 5.41) is 14.9. The molecule has 0 radical (unpaired) electrons. The molecule has 0 spiro atoms. The number of hydrogen-bond acceptors (Lipinski definition) is 7. The monoisotopic (exact) mass is 377 g/mol. The second kappa shape index (κ2) is 10.7. The van der Waals surface area contributed by atoms with E-state index >= 15 is 0 Å². The Morgan fingerprint density at radius 2 is 1.50 bits per heavy atom. The van der Waals surface area contributed by atoms with Crippen LogP contribution in [0.4, 0.5) is 29.0 Å². The van der Waals surface area contributed by atoms with Gasteiger partial charge < -0.3 is 10.6 Å². The normalized spacial score (nSPS) is 10.3.